The molecule has 5 aromatic heterocycles. The van der Waals surface area contributed by atoms with Crippen LogP contribution in [-0.4, -0.2) is 91.6 Å². The van der Waals surface area contributed by atoms with Crippen molar-refractivity contribution in [2.24, 2.45) is 0 Å². The highest BCUT2D eigenvalue weighted by Gasteiger charge is 2.41. The Labute approximate surface area is 380 Å². The van der Waals surface area contributed by atoms with Gasteiger partial charge in [0.15, 0.2) is 0 Å². The van der Waals surface area contributed by atoms with Crippen molar-refractivity contribution in [3.05, 3.63) is 114 Å². The zero-order valence-corrected chi connectivity index (χ0v) is 36.7. The molecule has 0 spiro atoms. The molecule has 3 aliphatic rings. The van der Waals surface area contributed by atoms with E-state index < -0.39 is 30.6 Å². The maximum absolute atomic E-state index is 13.3. The highest BCUT2D eigenvalue weighted by molar-refractivity contribution is 6.01. The van der Waals surface area contributed by atoms with Crippen molar-refractivity contribution < 1.29 is 55.9 Å². The number of rotatable bonds is 16. The number of pyridine rings is 2. The molecule has 1 aliphatic heterocycles. The van der Waals surface area contributed by atoms with Crippen molar-refractivity contribution in [3.63, 3.8) is 0 Å². The van der Waals surface area contributed by atoms with Gasteiger partial charge < -0.3 is 39.4 Å². The zero-order chi connectivity index (χ0) is 47.2. The number of aliphatic hydroxyl groups is 1. The van der Waals surface area contributed by atoms with Gasteiger partial charge in [0.1, 0.15) is 56.6 Å². The molecule has 2 unspecified atom stereocenters. The van der Waals surface area contributed by atoms with Crippen LogP contribution in [-0.2, 0) is 22.5 Å². The van der Waals surface area contributed by atoms with Crippen LogP contribution in [0.4, 0.5) is 17.6 Å². The lowest BCUT2D eigenvalue weighted by Gasteiger charge is -2.24. The molecule has 20 heteroatoms. The number of halogens is 4. The molecule has 67 heavy (non-hydrogen) atoms. The van der Waals surface area contributed by atoms with Gasteiger partial charge in [-0.05, 0) is 105 Å². The van der Waals surface area contributed by atoms with E-state index in [0.29, 0.717) is 46.0 Å². The summed E-state index contributed by atoms with van der Waals surface area (Å²) >= 11 is 0. The first-order chi connectivity index (χ1) is 32.1. The first-order valence-electron chi connectivity index (χ1n) is 21.4. The molecule has 3 N–H and O–H groups in total. The molecular formula is C47H46F4N8O8. The first-order valence-corrected chi connectivity index (χ1v) is 21.4. The summed E-state index contributed by atoms with van der Waals surface area (Å²) in [5.41, 5.74) is 3.46. The van der Waals surface area contributed by atoms with Crippen LogP contribution in [0.5, 0.6) is 23.0 Å². The molecule has 350 valence electrons. The largest absolute Gasteiger partial charge is 0.496 e. The third-order valence-corrected chi connectivity index (χ3v) is 11.7. The second-order valence-corrected chi connectivity index (χ2v) is 16.9. The van der Waals surface area contributed by atoms with E-state index in [1.165, 1.54) is 26.4 Å². The summed E-state index contributed by atoms with van der Waals surface area (Å²) < 4.78 is 83.7. The number of aromatic nitrogens is 6. The Bertz CT molecular complexity index is 2960. The van der Waals surface area contributed by atoms with Gasteiger partial charge in [-0.1, -0.05) is 0 Å². The molecule has 3 fully saturated rings. The fraction of sp³-hybridized carbons (Fsp3) is 0.340. The molecule has 2 aliphatic carbocycles. The van der Waals surface area contributed by atoms with E-state index in [4.69, 9.17) is 23.7 Å². The number of amides is 2. The molecule has 7 aromatic rings. The number of nitrogens with one attached hydrogen (secondary N) is 2. The molecular weight excluding hydrogens is 881 g/mol. The van der Waals surface area contributed by atoms with E-state index in [2.05, 4.69) is 25.7 Å². The molecule has 6 heterocycles. The van der Waals surface area contributed by atoms with Crippen LogP contribution in [0.25, 0.3) is 33.8 Å². The minimum Gasteiger partial charge on any atom is -0.496 e. The Morgan fingerprint density at radius 2 is 1.28 bits per heavy atom. The number of fused-ring (bicyclic) bond motifs is 2. The lowest BCUT2D eigenvalue weighted by molar-refractivity contribution is -0.0509. The number of carbonyl (C=O) groups excluding carboxylic acids is 2. The standard InChI is InChI=1S/C25H25F2N5O4.C22H21F2N3O4/c1-25(34,14-31-8-3-7-29-31)16-6-9-32-18(13-28-21(32)12-16)15-10-19(35-2)22(20(11-15)36-24(26)27)23(33)30-17-4-5-17;1-22(11-30-22)13-5-6-27-15(10-25-18(27)9-13)12-7-16(29-2)19(17(8-12)31-21(23)24)20(28)26-14-3-4-14/h3,6-13,17,24,34H,4-5,14H2,1-2H3,(H,30,33);5-10,14,21H,3-4,11H2,1-2H3,(H,26,28). The van der Waals surface area contributed by atoms with E-state index in [9.17, 15) is 32.3 Å². The van der Waals surface area contributed by atoms with Gasteiger partial charge in [-0.15, -0.1) is 0 Å². The molecule has 1 saturated heterocycles. The number of benzene rings is 2. The highest BCUT2D eigenvalue weighted by Crippen LogP contribution is 2.41. The van der Waals surface area contributed by atoms with Crippen LogP contribution in [0.15, 0.2) is 91.8 Å². The molecule has 16 nitrogen and oxygen atoms in total. The van der Waals surface area contributed by atoms with E-state index in [-0.39, 0.29) is 58.4 Å². The Kier molecular flexibility index (Phi) is 12.0. The third-order valence-electron chi connectivity index (χ3n) is 11.7. The molecule has 2 atom stereocenters. The maximum Gasteiger partial charge on any atom is 0.387 e. The van der Waals surface area contributed by atoms with Gasteiger partial charge in [-0.3, -0.25) is 23.1 Å². The quantitative estimate of drug-likeness (QED) is 0.0651. The summed E-state index contributed by atoms with van der Waals surface area (Å²) in [4.78, 5) is 34.3. The van der Waals surface area contributed by atoms with Gasteiger partial charge in [-0.25, -0.2) is 9.97 Å². The van der Waals surface area contributed by atoms with Crippen LogP contribution in [0.3, 0.4) is 0 Å². The number of alkyl halides is 4. The summed E-state index contributed by atoms with van der Waals surface area (Å²) in [6.07, 6.45) is 13.6. The van der Waals surface area contributed by atoms with Gasteiger partial charge in [-0.2, -0.15) is 22.7 Å². The highest BCUT2D eigenvalue weighted by atomic mass is 19.3. The summed E-state index contributed by atoms with van der Waals surface area (Å²) in [5.74, 6) is -1.30. The number of imidazole rings is 2. The summed E-state index contributed by atoms with van der Waals surface area (Å²) in [7, 11) is 2.75. The monoisotopic (exact) mass is 926 g/mol. The zero-order valence-electron chi connectivity index (χ0n) is 36.7. The van der Waals surface area contributed by atoms with Crippen molar-refractivity contribution in [1.82, 2.24) is 39.2 Å². The second kappa shape index (κ2) is 17.9. The van der Waals surface area contributed by atoms with Crippen LogP contribution >= 0.6 is 0 Å². The molecule has 2 amide bonds. The predicted octanol–water partition coefficient (Wildman–Crippen LogP) is 7.36. The van der Waals surface area contributed by atoms with Crippen molar-refractivity contribution in [2.75, 3.05) is 20.8 Å². The SMILES string of the molecule is COc1cc(-c2cnc3cc(C(C)(O)Cn4cccn4)ccn23)cc(OC(F)F)c1C(=O)NC1CC1.COc1cc(-c2cnc3cc(C4(C)CO4)ccn23)cc(OC(F)F)c1C(=O)NC1CC1. The Morgan fingerprint density at radius 1 is 0.791 bits per heavy atom. The molecule has 0 bridgehead atoms. The normalized spacial score (nSPS) is 17.5. The van der Waals surface area contributed by atoms with Crippen molar-refractivity contribution in [3.8, 4) is 45.5 Å². The van der Waals surface area contributed by atoms with Crippen LogP contribution in [0.2, 0.25) is 0 Å². The maximum atomic E-state index is 13.3. The first kappa shape index (κ1) is 45.0. The fourth-order valence-electron chi connectivity index (χ4n) is 7.72. The van der Waals surface area contributed by atoms with Crippen molar-refractivity contribution >= 4 is 23.1 Å². The number of epoxide rings is 1. The van der Waals surface area contributed by atoms with Gasteiger partial charge in [0, 0.05) is 48.0 Å². The minimum atomic E-state index is -3.13. The molecule has 0 radical (unpaired) electrons. The lowest BCUT2D eigenvalue weighted by atomic mass is 9.97. The van der Waals surface area contributed by atoms with Gasteiger partial charge in [0.25, 0.3) is 11.8 Å². The molecule has 10 rings (SSSR count). The number of methoxy groups -OCH3 is 2. The van der Waals surface area contributed by atoms with E-state index in [1.54, 1.807) is 77.3 Å². The van der Waals surface area contributed by atoms with Crippen LogP contribution in [0.1, 0.15) is 71.4 Å². The number of ether oxygens (including phenoxy) is 5. The van der Waals surface area contributed by atoms with E-state index in [1.807, 2.05) is 29.7 Å². The van der Waals surface area contributed by atoms with Gasteiger partial charge >= 0.3 is 13.2 Å². The van der Waals surface area contributed by atoms with E-state index in [0.717, 1.165) is 31.2 Å². The smallest absolute Gasteiger partial charge is 0.387 e. The average molecular weight is 927 g/mol. The Morgan fingerprint density at radius 3 is 1.73 bits per heavy atom. The summed E-state index contributed by atoms with van der Waals surface area (Å²) in [6.45, 7) is -1.61. The van der Waals surface area contributed by atoms with Crippen molar-refractivity contribution in [1.29, 1.82) is 0 Å². The predicted molar refractivity (Wildman–Crippen MR) is 234 cm³/mol. The number of carbonyl (C=O) groups is 2. The topological polar surface area (TPSA) is 180 Å². The molecule has 2 saturated carbocycles. The van der Waals surface area contributed by atoms with Crippen LogP contribution < -0.4 is 29.6 Å². The number of hydrogen-bond donors (Lipinski definition) is 3. The summed E-state index contributed by atoms with van der Waals surface area (Å²) in [6, 6.07) is 15.3. The third kappa shape index (κ3) is 9.71. The summed E-state index contributed by atoms with van der Waals surface area (Å²) in [5, 5.41) is 20.8. The van der Waals surface area contributed by atoms with Crippen LogP contribution in [0, 0.1) is 0 Å². The number of hydrogen-bond acceptors (Lipinski definition) is 11. The fourth-order valence-corrected chi connectivity index (χ4v) is 7.72. The van der Waals surface area contributed by atoms with Crippen molar-refractivity contribution in [2.45, 2.75) is 82.6 Å². The van der Waals surface area contributed by atoms with Gasteiger partial charge in [0.2, 0.25) is 0 Å². The van der Waals surface area contributed by atoms with E-state index >= 15 is 0 Å². The number of nitrogens with zero attached hydrogens (tertiary/aromatic N) is 6. The Balaban J connectivity index is 0.000000170. The van der Waals surface area contributed by atoms with Gasteiger partial charge in [0.05, 0.1) is 51.2 Å². The second-order valence-electron chi connectivity index (χ2n) is 16.9. The lowest BCUT2D eigenvalue weighted by Crippen LogP contribution is -2.28. The molecule has 2 aromatic carbocycles. The minimum absolute atomic E-state index is 0.0276. The average Bonchev–Trinajstić information content (AvgIpc) is 4.26. The Hall–Kier alpha value is -7.19.